The van der Waals surface area contributed by atoms with Gasteiger partial charge in [0, 0.05) is 25.6 Å². The van der Waals surface area contributed by atoms with Gasteiger partial charge < -0.3 is 20.1 Å². The second kappa shape index (κ2) is 7.26. The number of carbonyl (C=O) groups excluding carboxylic acids is 1. The zero-order chi connectivity index (χ0) is 14.4. The van der Waals surface area contributed by atoms with Crippen molar-refractivity contribution < 1.29 is 14.3 Å². The van der Waals surface area contributed by atoms with E-state index >= 15 is 0 Å². The van der Waals surface area contributed by atoms with Crippen LogP contribution in [0.3, 0.4) is 0 Å². The number of benzene rings is 1. The number of hydrogen-bond donors (Lipinski definition) is 2. The molecule has 0 heterocycles. The van der Waals surface area contributed by atoms with Gasteiger partial charge in [0.05, 0.1) is 12.6 Å². The van der Waals surface area contributed by atoms with Crippen molar-refractivity contribution in [1.29, 1.82) is 0 Å². The van der Waals surface area contributed by atoms with Crippen molar-refractivity contribution >= 4 is 17.3 Å². The quantitative estimate of drug-likeness (QED) is 0.764. The fraction of sp³-hybridized carbons (Fsp3) is 0.533. The maximum atomic E-state index is 11.4. The van der Waals surface area contributed by atoms with Crippen LogP contribution in [-0.2, 0) is 14.3 Å². The molecule has 0 aromatic heterocycles. The molecule has 0 spiro atoms. The Bertz CT molecular complexity index is 429. The maximum Gasteiger partial charge on any atom is 0.250 e. The predicted molar refractivity (Wildman–Crippen MR) is 79.0 cm³/mol. The predicted octanol–water partition coefficient (Wildman–Crippen LogP) is 2.11. The first-order valence-electron chi connectivity index (χ1n) is 6.87. The van der Waals surface area contributed by atoms with Crippen molar-refractivity contribution in [1.82, 2.24) is 0 Å². The Morgan fingerprint density at radius 1 is 1.20 bits per heavy atom. The summed E-state index contributed by atoms with van der Waals surface area (Å²) in [5.74, 6) is 0.569. The standard InChI is InChI=1S/C15H22N2O3/c1-19-9-14(11-3-4-11)16-12-5-7-13(8-6-12)17-15(18)10-20-2/h5-8,11,14,16H,3-4,9-10H2,1-2H3,(H,17,18). The third-order valence-corrected chi connectivity index (χ3v) is 3.33. The third kappa shape index (κ3) is 4.51. The number of amides is 1. The Morgan fingerprint density at radius 3 is 2.40 bits per heavy atom. The third-order valence-electron chi connectivity index (χ3n) is 3.33. The molecule has 5 heteroatoms. The first-order chi connectivity index (χ1) is 9.72. The lowest BCUT2D eigenvalue weighted by Crippen LogP contribution is -2.27. The SMILES string of the molecule is COCC(=O)Nc1ccc(NC(COC)C2CC2)cc1. The van der Waals surface area contributed by atoms with Crippen LogP contribution < -0.4 is 10.6 Å². The molecule has 20 heavy (non-hydrogen) atoms. The second-order valence-corrected chi connectivity index (χ2v) is 5.10. The van der Waals surface area contributed by atoms with Gasteiger partial charge in [0.1, 0.15) is 6.61 Å². The van der Waals surface area contributed by atoms with Crippen LogP contribution in [-0.4, -0.2) is 39.4 Å². The van der Waals surface area contributed by atoms with E-state index in [1.807, 2.05) is 24.3 Å². The molecule has 0 saturated heterocycles. The zero-order valence-corrected chi connectivity index (χ0v) is 12.0. The zero-order valence-electron chi connectivity index (χ0n) is 12.0. The molecular weight excluding hydrogens is 256 g/mol. The molecule has 1 saturated carbocycles. The van der Waals surface area contributed by atoms with E-state index in [9.17, 15) is 4.79 Å². The molecule has 1 fully saturated rings. The molecule has 1 aromatic carbocycles. The van der Waals surface area contributed by atoms with Crippen LogP contribution in [0.15, 0.2) is 24.3 Å². The average Bonchev–Trinajstić information content (AvgIpc) is 3.25. The normalized spacial score (nSPS) is 15.7. The number of nitrogens with one attached hydrogen (secondary N) is 2. The lowest BCUT2D eigenvalue weighted by molar-refractivity contribution is -0.119. The number of carbonyl (C=O) groups is 1. The lowest BCUT2D eigenvalue weighted by atomic mass is 10.2. The largest absolute Gasteiger partial charge is 0.383 e. The Balaban J connectivity index is 1.88. The number of ether oxygens (including phenoxy) is 2. The highest BCUT2D eigenvalue weighted by atomic mass is 16.5. The van der Waals surface area contributed by atoms with Crippen LogP contribution in [0, 0.1) is 5.92 Å². The fourth-order valence-corrected chi connectivity index (χ4v) is 2.17. The minimum absolute atomic E-state index is 0.0671. The van der Waals surface area contributed by atoms with Gasteiger partial charge in [-0.15, -0.1) is 0 Å². The highest BCUT2D eigenvalue weighted by Gasteiger charge is 2.30. The first kappa shape index (κ1) is 14.8. The van der Waals surface area contributed by atoms with Gasteiger partial charge in [0.15, 0.2) is 0 Å². The molecule has 1 aliphatic rings. The van der Waals surface area contributed by atoms with Crippen LogP contribution in [0.1, 0.15) is 12.8 Å². The molecule has 1 atom stereocenters. The first-order valence-corrected chi connectivity index (χ1v) is 6.87. The summed E-state index contributed by atoms with van der Waals surface area (Å²) in [7, 11) is 3.23. The smallest absolute Gasteiger partial charge is 0.250 e. The van der Waals surface area contributed by atoms with E-state index in [-0.39, 0.29) is 12.5 Å². The Kier molecular flexibility index (Phi) is 5.38. The van der Waals surface area contributed by atoms with E-state index in [1.165, 1.54) is 20.0 Å². The van der Waals surface area contributed by atoms with Gasteiger partial charge >= 0.3 is 0 Å². The number of anilines is 2. The molecule has 1 amide bonds. The number of methoxy groups -OCH3 is 2. The molecular formula is C15H22N2O3. The van der Waals surface area contributed by atoms with Crippen molar-refractivity contribution in [2.45, 2.75) is 18.9 Å². The van der Waals surface area contributed by atoms with Gasteiger partial charge in [-0.05, 0) is 43.0 Å². The van der Waals surface area contributed by atoms with E-state index < -0.39 is 0 Å². The van der Waals surface area contributed by atoms with E-state index in [0.717, 1.165) is 23.9 Å². The summed E-state index contributed by atoms with van der Waals surface area (Å²) in [6.45, 7) is 0.786. The summed E-state index contributed by atoms with van der Waals surface area (Å²) in [6.07, 6.45) is 2.54. The Labute approximate surface area is 119 Å². The Hall–Kier alpha value is -1.59. The van der Waals surface area contributed by atoms with Crippen LogP contribution in [0.25, 0.3) is 0 Å². The molecule has 2 rings (SSSR count). The summed E-state index contributed by atoms with van der Waals surface area (Å²) in [5.41, 5.74) is 1.82. The van der Waals surface area contributed by atoms with Crippen LogP contribution >= 0.6 is 0 Å². The topological polar surface area (TPSA) is 59.6 Å². The summed E-state index contributed by atoms with van der Waals surface area (Å²) in [5, 5.41) is 6.25. The molecule has 110 valence electrons. The van der Waals surface area contributed by atoms with Crippen LogP contribution in [0.5, 0.6) is 0 Å². The molecule has 0 aliphatic heterocycles. The van der Waals surface area contributed by atoms with Gasteiger partial charge in [-0.25, -0.2) is 0 Å². The molecule has 0 radical (unpaired) electrons. The molecule has 1 unspecified atom stereocenters. The van der Waals surface area contributed by atoms with E-state index in [2.05, 4.69) is 10.6 Å². The summed E-state index contributed by atoms with van der Waals surface area (Å²) >= 11 is 0. The van der Waals surface area contributed by atoms with Gasteiger partial charge in [0.2, 0.25) is 5.91 Å². The molecule has 1 aromatic rings. The highest BCUT2D eigenvalue weighted by Crippen LogP contribution is 2.34. The van der Waals surface area contributed by atoms with Crippen molar-refractivity contribution in [3.05, 3.63) is 24.3 Å². The average molecular weight is 278 g/mol. The number of hydrogen-bond acceptors (Lipinski definition) is 4. The van der Waals surface area contributed by atoms with E-state index in [0.29, 0.717) is 6.04 Å². The molecule has 1 aliphatic carbocycles. The minimum Gasteiger partial charge on any atom is -0.383 e. The van der Waals surface area contributed by atoms with Crippen molar-refractivity contribution in [3.8, 4) is 0 Å². The second-order valence-electron chi connectivity index (χ2n) is 5.10. The minimum atomic E-state index is -0.150. The summed E-state index contributed by atoms with van der Waals surface area (Å²) < 4.78 is 10.0. The number of rotatable bonds is 8. The van der Waals surface area contributed by atoms with Crippen molar-refractivity contribution in [2.24, 2.45) is 5.92 Å². The van der Waals surface area contributed by atoms with Gasteiger partial charge in [-0.3, -0.25) is 4.79 Å². The summed E-state index contributed by atoms with van der Waals surface area (Å²) in [4.78, 5) is 11.4. The van der Waals surface area contributed by atoms with Gasteiger partial charge in [-0.1, -0.05) is 0 Å². The molecule has 2 N–H and O–H groups in total. The van der Waals surface area contributed by atoms with Crippen molar-refractivity contribution in [3.63, 3.8) is 0 Å². The lowest BCUT2D eigenvalue weighted by Gasteiger charge is -2.18. The molecule has 5 nitrogen and oxygen atoms in total. The fourth-order valence-electron chi connectivity index (χ4n) is 2.17. The Morgan fingerprint density at radius 2 is 1.85 bits per heavy atom. The van der Waals surface area contributed by atoms with Gasteiger partial charge in [0.25, 0.3) is 0 Å². The van der Waals surface area contributed by atoms with Crippen LogP contribution in [0.2, 0.25) is 0 Å². The summed E-state index contributed by atoms with van der Waals surface area (Å²) in [6, 6.07) is 8.06. The molecule has 0 bridgehead atoms. The maximum absolute atomic E-state index is 11.4. The van der Waals surface area contributed by atoms with Gasteiger partial charge in [-0.2, -0.15) is 0 Å². The van der Waals surface area contributed by atoms with E-state index in [4.69, 9.17) is 9.47 Å². The highest BCUT2D eigenvalue weighted by molar-refractivity contribution is 5.91. The van der Waals surface area contributed by atoms with E-state index in [1.54, 1.807) is 7.11 Å². The van der Waals surface area contributed by atoms with Crippen LogP contribution in [0.4, 0.5) is 11.4 Å². The van der Waals surface area contributed by atoms with Crippen molar-refractivity contribution in [2.75, 3.05) is 38.1 Å². The monoisotopic (exact) mass is 278 g/mol.